The molecule has 0 bridgehead atoms. The number of benzene rings is 4. The number of halogens is 7. The van der Waals surface area contributed by atoms with Crippen LogP contribution in [0.4, 0.5) is 26.3 Å². The molecule has 0 N–H and O–H groups in total. The van der Waals surface area contributed by atoms with Crippen molar-refractivity contribution in [2.24, 2.45) is 7.05 Å². The molecular formula is C30H20F6INO. The van der Waals surface area contributed by atoms with Crippen LogP contribution in [0.3, 0.4) is 0 Å². The van der Waals surface area contributed by atoms with Gasteiger partial charge in [0.1, 0.15) is 0 Å². The zero-order valence-corrected chi connectivity index (χ0v) is 22.5. The normalized spacial score (nSPS) is 16.0. The Hall–Kier alpha value is -3.31. The van der Waals surface area contributed by atoms with Crippen LogP contribution in [0.2, 0.25) is 0 Å². The summed E-state index contributed by atoms with van der Waals surface area (Å²) in [7, 11) is 1.90. The zero-order valence-electron chi connectivity index (χ0n) is 20.3. The Morgan fingerprint density at radius 3 is 1.92 bits per heavy atom. The molecule has 200 valence electrons. The van der Waals surface area contributed by atoms with Crippen molar-refractivity contribution in [3.8, 4) is 22.4 Å². The SMILES string of the molecule is Cn1c(-c2ccccc2)c(-c2ccccc2I2OC(C(F)(F)F)(C(F)(F)F)c3ccccc32)c2ccccc21. The van der Waals surface area contributed by atoms with Crippen molar-refractivity contribution in [3.63, 3.8) is 0 Å². The van der Waals surface area contributed by atoms with E-state index in [1.54, 1.807) is 24.3 Å². The summed E-state index contributed by atoms with van der Waals surface area (Å²) < 4.78 is 94.0. The van der Waals surface area contributed by atoms with E-state index in [1.165, 1.54) is 18.2 Å². The molecule has 5 aromatic rings. The predicted molar refractivity (Wildman–Crippen MR) is 147 cm³/mol. The average molecular weight is 651 g/mol. The zero-order chi connectivity index (χ0) is 27.6. The summed E-state index contributed by atoms with van der Waals surface area (Å²) in [4.78, 5) is 0. The first kappa shape index (κ1) is 25.9. The number of alkyl halides is 6. The summed E-state index contributed by atoms with van der Waals surface area (Å²) in [5.41, 5.74) is -1.37. The fraction of sp³-hybridized carbons (Fsp3) is 0.133. The number of aryl methyl sites for hydroxylation is 1. The Morgan fingerprint density at radius 2 is 1.23 bits per heavy atom. The van der Waals surface area contributed by atoms with Crippen LogP contribution in [0.5, 0.6) is 0 Å². The third-order valence-electron chi connectivity index (χ3n) is 6.91. The molecule has 4 aromatic carbocycles. The first-order valence-electron chi connectivity index (χ1n) is 11.9. The maximum absolute atomic E-state index is 14.4. The van der Waals surface area contributed by atoms with Crippen molar-refractivity contribution in [1.82, 2.24) is 4.57 Å². The number of nitrogens with zero attached hydrogens (tertiary/aromatic N) is 1. The molecule has 0 radical (unpaired) electrons. The van der Waals surface area contributed by atoms with Crippen molar-refractivity contribution in [1.29, 1.82) is 0 Å². The number of rotatable bonds is 3. The van der Waals surface area contributed by atoms with Crippen LogP contribution in [0, 0.1) is 7.14 Å². The van der Waals surface area contributed by atoms with E-state index in [0.29, 0.717) is 9.13 Å². The van der Waals surface area contributed by atoms with Crippen molar-refractivity contribution >= 4 is 31.1 Å². The summed E-state index contributed by atoms with van der Waals surface area (Å²) in [6, 6.07) is 28.7. The van der Waals surface area contributed by atoms with Crippen molar-refractivity contribution in [3.05, 3.63) is 116 Å². The molecule has 2 heterocycles. The molecule has 39 heavy (non-hydrogen) atoms. The fourth-order valence-electron chi connectivity index (χ4n) is 5.21. The molecule has 0 fully saturated rings. The molecule has 2 nitrogen and oxygen atoms in total. The van der Waals surface area contributed by atoms with E-state index in [1.807, 2.05) is 66.2 Å². The van der Waals surface area contributed by atoms with Gasteiger partial charge in [0.05, 0.1) is 0 Å². The van der Waals surface area contributed by atoms with Gasteiger partial charge in [-0.3, -0.25) is 0 Å². The summed E-state index contributed by atoms with van der Waals surface area (Å²) in [5, 5.41) is 0.840. The third kappa shape index (κ3) is 3.81. The van der Waals surface area contributed by atoms with E-state index in [4.69, 9.17) is 3.07 Å². The molecule has 1 aliphatic rings. The number of fused-ring (bicyclic) bond motifs is 2. The van der Waals surface area contributed by atoms with Gasteiger partial charge in [0.2, 0.25) is 0 Å². The Balaban J connectivity index is 1.65. The van der Waals surface area contributed by atoms with Crippen LogP contribution in [0.25, 0.3) is 33.3 Å². The van der Waals surface area contributed by atoms with Gasteiger partial charge < -0.3 is 0 Å². The quantitative estimate of drug-likeness (QED) is 0.140. The van der Waals surface area contributed by atoms with Crippen LogP contribution < -0.4 is 0 Å². The molecule has 0 amide bonds. The second-order valence-electron chi connectivity index (χ2n) is 9.13. The standard InChI is InChI=1S/C30H20F6INO/c1-38-25-18-10-6-14-21(25)26(27(38)19-11-3-2-4-12-19)20-13-5-8-16-23(20)37-24-17-9-7-15-22(24)28(39-37,29(31,32)33)30(34,35)36/h2-18H,1H3. The third-order valence-corrected chi connectivity index (χ3v) is 12.0. The maximum atomic E-state index is 14.4. The summed E-state index contributed by atoms with van der Waals surface area (Å²) >= 11 is -3.75. The molecule has 0 spiro atoms. The first-order chi connectivity index (χ1) is 18.6. The second-order valence-corrected chi connectivity index (χ2v) is 13.3. The Kier molecular flexibility index (Phi) is 6.07. The monoisotopic (exact) mass is 651 g/mol. The molecule has 0 unspecified atom stereocenters. The van der Waals surface area contributed by atoms with Crippen LogP contribution in [0.15, 0.2) is 103 Å². The van der Waals surface area contributed by atoms with Crippen molar-refractivity contribution in [2.45, 2.75) is 18.0 Å². The van der Waals surface area contributed by atoms with Crippen LogP contribution >= 0.6 is 20.2 Å². The van der Waals surface area contributed by atoms with E-state index in [2.05, 4.69) is 0 Å². The summed E-state index contributed by atoms with van der Waals surface area (Å²) in [6.45, 7) is 0. The van der Waals surface area contributed by atoms with Crippen molar-refractivity contribution < 1.29 is 29.4 Å². The second kappa shape index (κ2) is 9.12. The molecule has 6 rings (SSSR count). The van der Waals surface area contributed by atoms with E-state index < -0.39 is 43.8 Å². The van der Waals surface area contributed by atoms with Gasteiger partial charge in [-0.1, -0.05) is 0 Å². The minimum atomic E-state index is -5.70. The van der Waals surface area contributed by atoms with Crippen LogP contribution in [0.1, 0.15) is 5.56 Å². The van der Waals surface area contributed by atoms with E-state index in [9.17, 15) is 26.3 Å². The molecule has 0 atom stereocenters. The minimum absolute atomic E-state index is 0.00898. The molecule has 1 aromatic heterocycles. The van der Waals surface area contributed by atoms with Crippen LogP contribution in [-0.2, 0) is 15.7 Å². The van der Waals surface area contributed by atoms with Crippen molar-refractivity contribution in [2.75, 3.05) is 0 Å². The Labute approximate surface area is 227 Å². The van der Waals surface area contributed by atoms with Gasteiger partial charge in [0.25, 0.3) is 0 Å². The predicted octanol–water partition coefficient (Wildman–Crippen LogP) is 9.32. The van der Waals surface area contributed by atoms with Gasteiger partial charge in [0, 0.05) is 0 Å². The Bertz CT molecular complexity index is 1680. The molecule has 0 aliphatic carbocycles. The fourth-order valence-corrected chi connectivity index (χ4v) is 10.8. The first-order valence-corrected chi connectivity index (χ1v) is 14.9. The molecule has 0 saturated heterocycles. The van der Waals surface area contributed by atoms with Gasteiger partial charge in [-0.05, 0) is 0 Å². The number of aromatic nitrogens is 1. The molecule has 9 heteroatoms. The van der Waals surface area contributed by atoms with E-state index in [-0.39, 0.29) is 3.57 Å². The number of hydrogen-bond acceptors (Lipinski definition) is 1. The number of para-hydroxylation sites is 1. The van der Waals surface area contributed by atoms with Crippen LogP contribution in [-0.4, -0.2) is 16.9 Å². The summed E-state index contributed by atoms with van der Waals surface area (Å²) in [6.07, 6.45) is -11.4. The van der Waals surface area contributed by atoms with E-state index in [0.717, 1.165) is 33.8 Å². The molecule has 0 saturated carbocycles. The number of hydrogen-bond donors (Lipinski definition) is 0. The summed E-state index contributed by atoms with van der Waals surface area (Å²) in [5.74, 6) is 0. The average Bonchev–Trinajstić information content (AvgIpc) is 3.43. The van der Waals surface area contributed by atoms with Gasteiger partial charge in [-0.25, -0.2) is 0 Å². The van der Waals surface area contributed by atoms with Gasteiger partial charge >= 0.3 is 228 Å². The Morgan fingerprint density at radius 1 is 0.667 bits per heavy atom. The molecular weight excluding hydrogens is 631 g/mol. The van der Waals surface area contributed by atoms with E-state index >= 15 is 0 Å². The topological polar surface area (TPSA) is 14.2 Å². The van der Waals surface area contributed by atoms with Gasteiger partial charge in [-0.2, -0.15) is 0 Å². The van der Waals surface area contributed by atoms with Gasteiger partial charge in [-0.15, -0.1) is 0 Å². The van der Waals surface area contributed by atoms with Gasteiger partial charge in [0.15, 0.2) is 0 Å². The molecule has 1 aliphatic heterocycles.